The Bertz CT molecular complexity index is 911. The van der Waals surface area contributed by atoms with Crippen LogP contribution in [0.5, 0.6) is 11.5 Å². The molecule has 0 aliphatic carbocycles. The van der Waals surface area contributed by atoms with Gasteiger partial charge in [-0.1, -0.05) is 13.0 Å². The molecule has 0 bridgehead atoms. The molecule has 1 saturated heterocycles. The van der Waals surface area contributed by atoms with Gasteiger partial charge in [0.1, 0.15) is 11.5 Å². The van der Waals surface area contributed by atoms with Gasteiger partial charge in [-0.3, -0.25) is 14.7 Å². The molecule has 3 heterocycles. The highest BCUT2D eigenvalue weighted by Gasteiger charge is 2.24. The van der Waals surface area contributed by atoms with E-state index in [1.54, 1.807) is 13.2 Å². The summed E-state index contributed by atoms with van der Waals surface area (Å²) in [5.41, 5.74) is 2.49. The zero-order valence-corrected chi connectivity index (χ0v) is 16.6. The van der Waals surface area contributed by atoms with Crippen LogP contribution in [0.25, 0.3) is 0 Å². The highest BCUT2D eigenvalue weighted by molar-refractivity contribution is 5.40. The maximum absolute atomic E-state index is 12.6. The summed E-state index contributed by atoms with van der Waals surface area (Å²) in [5.74, 6) is 2.18. The molecule has 1 unspecified atom stereocenters. The number of ether oxygens (including phenoxy) is 1. The van der Waals surface area contributed by atoms with Crippen LogP contribution in [0.4, 0.5) is 5.95 Å². The third-order valence-corrected chi connectivity index (χ3v) is 5.78. The number of piperidine rings is 1. The van der Waals surface area contributed by atoms with Crippen molar-refractivity contribution in [3.63, 3.8) is 0 Å². The molecule has 4 rings (SSSR count). The number of rotatable bonds is 4. The Kier molecular flexibility index (Phi) is 5.26. The summed E-state index contributed by atoms with van der Waals surface area (Å²) in [4.78, 5) is 24.8. The number of methoxy groups -OCH3 is 1. The lowest BCUT2D eigenvalue weighted by molar-refractivity contribution is 0.237. The molecular weight excluding hydrogens is 356 g/mol. The van der Waals surface area contributed by atoms with Gasteiger partial charge in [0, 0.05) is 49.9 Å². The van der Waals surface area contributed by atoms with Crippen molar-refractivity contribution in [1.29, 1.82) is 0 Å². The second-order valence-electron chi connectivity index (χ2n) is 7.96. The van der Waals surface area contributed by atoms with Gasteiger partial charge >= 0.3 is 0 Å². The lowest BCUT2D eigenvalue weighted by Crippen LogP contribution is -2.39. The molecular formula is C21H28N4O3. The summed E-state index contributed by atoms with van der Waals surface area (Å²) in [7, 11) is 1.58. The number of fused-ring (bicyclic) bond motifs is 1. The van der Waals surface area contributed by atoms with Crippen LogP contribution in [-0.4, -0.2) is 46.7 Å². The summed E-state index contributed by atoms with van der Waals surface area (Å²) >= 11 is 0. The summed E-state index contributed by atoms with van der Waals surface area (Å²) in [5, 5.41) is 10.2. The number of hydrogen-bond acceptors (Lipinski definition) is 6. The van der Waals surface area contributed by atoms with Crippen LogP contribution in [0.1, 0.15) is 36.6 Å². The number of hydrogen-bond donors (Lipinski definition) is 2. The molecule has 1 atom stereocenters. The van der Waals surface area contributed by atoms with Crippen LogP contribution in [0.3, 0.4) is 0 Å². The van der Waals surface area contributed by atoms with E-state index in [-0.39, 0.29) is 11.3 Å². The molecule has 2 N–H and O–H groups in total. The number of phenols is 1. The molecule has 7 heteroatoms. The molecule has 2 aliphatic rings. The van der Waals surface area contributed by atoms with Gasteiger partial charge < -0.3 is 14.7 Å². The molecule has 2 aliphatic heterocycles. The Hall–Kier alpha value is -2.54. The van der Waals surface area contributed by atoms with Crippen molar-refractivity contribution in [3.05, 3.63) is 45.4 Å². The van der Waals surface area contributed by atoms with E-state index in [1.807, 2.05) is 12.1 Å². The van der Waals surface area contributed by atoms with Crippen LogP contribution in [0.2, 0.25) is 0 Å². The van der Waals surface area contributed by atoms with Crippen molar-refractivity contribution in [1.82, 2.24) is 14.9 Å². The second-order valence-corrected chi connectivity index (χ2v) is 7.96. The Morgan fingerprint density at radius 2 is 2.21 bits per heavy atom. The first kappa shape index (κ1) is 18.8. The Labute approximate surface area is 165 Å². The third-order valence-electron chi connectivity index (χ3n) is 5.78. The smallest absolute Gasteiger partial charge is 0.255 e. The zero-order chi connectivity index (χ0) is 19.7. The molecule has 1 fully saturated rings. The molecule has 150 valence electrons. The van der Waals surface area contributed by atoms with Crippen LogP contribution in [0.15, 0.2) is 23.0 Å². The third kappa shape index (κ3) is 3.85. The lowest BCUT2D eigenvalue weighted by atomic mass is 10.0. The molecule has 2 aromatic rings. The summed E-state index contributed by atoms with van der Waals surface area (Å²) in [6, 6.07) is 5.37. The van der Waals surface area contributed by atoms with Crippen molar-refractivity contribution in [3.8, 4) is 11.5 Å². The maximum Gasteiger partial charge on any atom is 0.255 e. The van der Waals surface area contributed by atoms with Gasteiger partial charge in [0.25, 0.3) is 5.56 Å². The average Bonchev–Trinajstić information content (AvgIpc) is 2.69. The van der Waals surface area contributed by atoms with Gasteiger partial charge in [-0.05, 0) is 31.2 Å². The standard InChI is InChI=1S/C21H28N4O3/c1-14-4-3-8-25(11-14)21-22-18-13-24(9-7-17(18)20(27)23-21)12-15-5-6-16(28-2)10-19(15)26/h5-6,10,14,26H,3-4,7-9,11-13H2,1-2H3,(H,22,23,27). The first-order chi connectivity index (χ1) is 13.5. The number of nitrogens with one attached hydrogen (secondary N) is 1. The minimum absolute atomic E-state index is 0.00910. The monoisotopic (exact) mass is 384 g/mol. The molecule has 1 aromatic carbocycles. The molecule has 0 radical (unpaired) electrons. The summed E-state index contributed by atoms with van der Waals surface area (Å²) in [6.45, 7) is 6.11. The highest BCUT2D eigenvalue weighted by atomic mass is 16.5. The quantitative estimate of drug-likeness (QED) is 0.842. The fraction of sp³-hybridized carbons (Fsp3) is 0.524. The first-order valence-electron chi connectivity index (χ1n) is 9.98. The maximum atomic E-state index is 12.6. The number of H-pyrrole nitrogens is 1. The van der Waals surface area contributed by atoms with E-state index in [0.717, 1.165) is 42.9 Å². The number of phenolic OH excluding ortho intramolecular Hbond substituents is 1. The fourth-order valence-electron chi connectivity index (χ4n) is 4.19. The lowest BCUT2D eigenvalue weighted by Gasteiger charge is -2.33. The Morgan fingerprint density at radius 1 is 1.36 bits per heavy atom. The topological polar surface area (TPSA) is 81.7 Å². The van der Waals surface area contributed by atoms with Crippen LogP contribution >= 0.6 is 0 Å². The number of aromatic amines is 1. The van der Waals surface area contributed by atoms with E-state index in [2.05, 4.69) is 21.7 Å². The molecule has 0 saturated carbocycles. The number of aromatic hydroxyl groups is 1. The van der Waals surface area contributed by atoms with Crippen LogP contribution in [0, 0.1) is 5.92 Å². The van der Waals surface area contributed by atoms with Crippen LogP contribution in [-0.2, 0) is 19.5 Å². The largest absolute Gasteiger partial charge is 0.507 e. The van der Waals surface area contributed by atoms with Gasteiger partial charge in [0.15, 0.2) is 0 Å². The van der Waals surface area contributed by atoms with E-state index < -0.39 is 0 Å². The molecule has 28 heavy (non-hydrogen) atoms. The van der Waals surface area contributed by atoms with Crippen molar-refractivity contribution >= 4 is 5.95 Å². The number of anilines is 1. The predicted octanol–water partition coefficient (Wildman–Crippen LogP) is 2.28. The van der Waals surface area contributed by atoms with E-state index >= 15 is 0 Å². The Morgan fingerprint density at radius 3 is 2.96 bits per heavy atom. The van der Waals surface area contributed by atoms with Gasteiger partial charge in [0.2, 0.25) is 5.95 Å². The van der Waals surface area contributed by atoms with E-state index in [1.165, 1.54) is 6.42 Å². The predicted molar refractivity (Wildman–Crippen MR) is 108 cm³/mol. The number of benzene rings is 1. The van der Waals surface area contributed by atoms with Gasteiger partial charge in [-0.15, -0.1) is 0 Å². The van der Waals surface area contributed by atoms with Crippen molar-refractivity contribution < 1.29 is 9.84 Å². The zero-order valence-electron chi connectivity index (χ0n) is 16.6. The molecule has 0 amide bonds. The second kappa shape index (κ2) is 7.83. The summed E-state index contributed by atoms with van der Waals surface area (Å²) in [6.07, 6.45) is 3.03. The van der Waals surface area contributed by atoms with Gasteiger partial charge in [0.05, 0.1) is 12.8 Å². The van der Waals surface area contributed by atoms with Gasteiger partial charge in [-0.2, -0.15) is 0 Å². The van der Waals surface area contributed by atoms with E-state index in [9.17, 15) is 9.90 Å². The van der Waals surface area contributed by atoms with Crippen molar-refractivity contribution in [2.45, 2.75) is 39.3 Å². The molecule has 0 spiro atoms. The minimum atomic E-state index is -0.00910. The Balaban J connectivity index is 1.53. The minimum Gasteiger partial charge on any atom is -0.507 e. The average molecular weight is 384 g/mol. The van der Waals surface area contributed by atoms with E-state index in [4.69, 9.17) is 9.72 Å². The molecule has 7 nitrogen and oxygen atoms in total. The SMILES string of the molecule is COc1ccc(CN2CCc3c(nc(N4CCCC(C)C4)[nH]c3=O)C2)c(O)c1. The fourth-order valence-corrected chi connectivity index (χ4v) is 4.19. The number of nitrogens with zero attached hydrogens (tertiary/aromatic N) is 3. The normalized spacial score (nSPS) is 20.1. The molecule has 1 aromatic heterocycles. The van der Waals surface area contributed by atoms with E-state index in [0.29, 0.717) is 37.1 Å². The van der Waals surface area contributed by atoms with Crippen LogP contribution < -0.4 is 15.2 Å². The highest BCUT2D eigenvalue weighted by Crippen LogP contribution is 2.27. The summed E-state index contributed by atoms with van der Waals surface area (Å²) < 4.78 is 5.15. The van der Waals surface area contributed by atoms with Gasteiger partial charge in [-0.25, -0.2) is 4.98 Å². The number of aromatic nitrogens is 2. The first-order valence-corrected chi connectivity index (χ1v) is 9.98. The van der Waals surface area contributed by atoms with Crippen molar-refractivity contribution in [2.24, 2.45) is 5.92 Å². The van der Waals surface area contributed by atoms with Crippen molar-refractivity contribution in [2.75, 3.05) is 31.6 Å².